The Hall–Kier alpha value is -2.31. The summed E-state index contributed by atoms with van der Waals surface area (Å²) in [5.74, 6) is -3.70. The van der Waals surface area contributed by atoms with E-state index >= 15 is 0 Å². The summed E-state index contributed by atoms with van der Waals surface area (Å²) in [6.45, 7) is 8.00. The van der Waals surface area contributed by atoms with Gasteiger partial charge in [0.2, 0.25) is 0 Å². The fourth-order valence-corrected chi connectivity index (χ4v) is 3.35. The van der Waals surface area contributed by atoms with Gasteiger partial charge < -0.3 is 30.6 Å². The highest BCUT2D eigenvalue weighted by atomic mass is 16.3. The average Bonchev–Trinajstić information content (AvgIpc) is 2.64. The zero-order valence-electron chi connectivity index (χ0n) is 16.4. The maximum absolute atomic E-state index is 12.6. The van der Waals surface area contributed by atoms with Gasteiger partial charge in [0, 0.05) is 12.1 Å². The summed E-state index contributed by atoms with van der Waals surface area (Å²) in [5.41, 5.74) is -0.136. The third kappa shape index (κ3) is 4.23. The van der Waals surface area contributed by atoms with Crippen molar-refractivity contribution in [3.63, 3.8) is 0 Å². The van der Waals surface area contributed by atoms with Crippen molar-refractivity contribution in [2.45, 2.75) is 51.7 Å². The van der Waals surface area contributed by atoms with Crippen LogP contribution in [0, 0.1) is 0 Å². The van der Waals surface area contributed by atoms with Crippen LogP contribution < -0.4 is 21.1 Å². The Morgan fingerprint density at radius 2 is 0.929 bits per heavy atom. The molecule has 0 unspecified atom stereocenters. The van der Waals surface area contributed by atoms with E-state index < -0.39 is 35.5 Å². The molecule has 0 aliphatic heterocycles. The van der Waals surface area contributed by atoms with Gasteiger partial charge in [0.05, 0.1) is 0 Å². The van der Waals surface area contributed by atoms with Crippen molar-refractivity contribution in [3.8, 4) is 23.0 Å². The largest absolute Gasteiger partial charge is 0.851 e. The first kappa shape index (κ1) is 23.7. The quantitative estimate of drug-likeness (QED) is 0.519. The van der Waals surface area contributed by atoms with Crippen LogP contribution in [0.1, 0.15) is 50.7 Å². The van der Waals surface area contributed by atoms with Crippen LogP contribution in [-0.2, 0) is 0 Å². The molecule has 0 spiro atoms. The number of phenols is 4. The third-order valence-corrected chi connectivity index (χ3v) is 4.43. The second-order valence-corrected chi connectivity index (χ2v) is 5.92. The molecule has 1 aliphatic carbocycles. The molecule has 28 heavy (non-hydrogen) atoms. The van der Waals surface area contributed by atoms with Crippen LogP contribution >= 0.6 is 0 Å². The molecule has 0 amide bonds. The predicted molar refractivity (Wildman–Crippen MR) is 106 cm³/mol. The second-order valence-electron chi connectivity index (χ2n) is 5.92. The minimum absolute atomic E-state index is 0.0131. The van der Waals surface area contributed by atoms with E-state index in [2.05, 4.69) is 0 Å². The van der Waals surface area contributed by atoms with Gasteiger partial charge in [-0.15, -0.1) is 12.2 Å². The fourth-order valence-electron chi connectivity index (χ4n) is 3.35. The second kappa shape index (κ2) is 9.75. The summed E-state index contributed by atoms with van der Waals surface area (Å²) in [5, 5.41) is 63.8. The zero-order chi connectivity index (χ0) is 21.8. The van der Waals surface area contributed by atoms with Crippen LogP contribution in [0.5, 0.6) is 23.0 Å². The number of hydrogen-bond acceptors (Lipinski definition) is 6. The molecule has 4 radical (unpaired) electrons. The van der Waals surface area contributed by atoms with E-state index in [0.717, 1.165) is 24.3 Å². The Kier molecular flexibility index (Phi) is 8.27. The molecule has 4 N–H and O–H groups in total. The lowest BCUT2D eigenvalue weighted by atomic mass is 9.59. The number of aromatic hydroxyl groups is 4. The lowest BCUT2D eigenvalue weighted by Crippen LogP contribution is -2.65. The van der Waals surface area contributed by atoms with Crippen molar-refractivity contribution in [2.75, 3.05) is 0 Å². The molecule has 1 fully saturated rings. The monoisotopic (exact) mass is 382 g/mol. The Morgan fingerprint density at radius 1 is 0.643 bits per heavy atom. The number of hydrogen-bond donors (Lipinski definition) is 4. The molecule has 1 saturated carbocycles. The highest BCUT2D eigenvalue weighted by Crippen LogP contribution is 2.48. The van der Waals surface area contributed by atoms with Crippen LogP contribution in [0.4, 0.5) is 0 Å². The molecule has 0 bridgehead atoms. The third-order valence-electron chi connectivity index (χ3n) is 4.43. The van der Waals surface area contributed by atoms with Gasteiger partial charge in [0.15, 0.2) is 0 Å². The van der Waals surface area contributed by atoms with E-state index in [0.29, 0.717) is 0 Å². The van der Waals surface area contributed by atoms with Crippen molar-refractivity contribution in [2.24, 2.45) is 0 Å². The van der Waals surface area contributed by atoms with E-state index in [1.54, 1.807) is 0 Å². The molecule has 2 aromatic rings. The molecule has 0 heterocycles. The standard InChI is InChI=1S/C16H12B2O6.2C2H6/c17-7-1-5(19)3-9(21)11(7)13-15(23)14(16(13)24)12-8(18)2-6(20)4-10(12)22;2*1-2/h1-4,13-16,19-22H;2*1-2H3/q-2;;. The minimum atomic E-state index is -1.50. The summed E-state index contributed by atoms with van der Waals surface area (Å²) >= 11 is 0. The average molecular weight is 382 g/mol. The van der Waals surface area contributed by atoms with Crippen LogP contribution in [-0.4, -0.2) is 48.3 Å². The molecule has 0 saturated heterocycles. The summed E-state index contributed by atoms with van der Waals surface area (Å²) < 4.78 is 0. The SMILES string of the molecule is CC.CC.[B]c1cc(O)cc(O)c1C1C([O-])C(c2c([B])cc(O)cc2O)C1[O-]. The number of rotatable bonds is 2. The molecule has 8 heteroatoms. The fraction of sp³-hybridized carbons (Fsp3) is 0.400. The van der Waals surface area contributed by atoms with Crippen molar-refractivity contribution < 1.29 is 30.6 Å². The Morgan fingerprint density at radius 3 is 1.18 bits per heavy atom. The summed E-state index contributed by atoms with van der Waals surface area (Å²) in [7, 11) is 11.4. The summed E-state index contributed by atoms with van der Waals surface area (Å²) in [6.07, 6.45) is -2.99. The highest BCUT2D eigenvalue weighted by molar-refractivity contribution is 6.34. The van der Waals surface area contributed by atoms with Gasteiger partial charge in [-0.2, -0.15) is 0 Å². The van der Waals surface area contributed by atoms with E-state index in [1.807, 2.05) is 27.7 Å². The Bertz CT molecular complexity index is 690. The first-order valence-corrected chi connectivity index (χ1v) is 9.16. The molecule has 148 valence electrons. The van der Waals surface area contributed by atoms with Gasteiger partial charge in [-0.25, -0.2) is 0 Å². The highest BCUT2D eigenvalue weighted by Gasteiger charge is 2.41. The molecule has 6 nitrogen and oxygen atoms in total. The number of benzene rings is 2. The lowest BCUT2D eigenvalue weighted by molar-refractivity contribution is -0.536. The first-order valence-electron chi connectivity index (χ1n) is 9.16. The van der Waals surface area contributed by atoms with E-state index in [1.165, 1.54) is 0 Å². The van der Waals surface area contributed by atoms with Gasteiger partial charge in [-0.3, -0.25) is 0 Å². The molecular formula is C20H24B2O6-2. The molecule has 2 aromatic carbocycles. The van der Waals surface area contributed by atoms with Gasteiger partial charge in [0.1, 0.15) is 38.7 Å². The lowest BCUT2D eigenvalue weighted by Gasteiger charge is -2.62. The molecule has 3 rings (SSSR count). The van der Waals surface area contributed by atoms with Gasteiger partial charge in [-0.1, -0.05) is 38.6 Å². The normalized spacial score (nSPS) is 22.8. The number of phenolic OH excluding ortho intramolecular Hbond substituents is 4. The van der Waals surface area contributed by atoms with Crippen LogP contribution in [0.2, 0.25) is 0 Å². The molecular weight excluding hydrogens is 358 g/mol. The van der Waals surface area contributed by atoms with E-state index in [-0.39, 0.29) is 33.6 Å². The minimum Gasteiger partial charge on any atom is -0.851 e. The van der Waals surface area contributed by atoms with Gasteiger partial charge in [-0.05, 0) is 35.1 Å². The first-order chi connectivity index (χ1) is 13.2. The molecule has 0 atom stereocenters. The zero-order valence-corrected chi connectivity index (χ0v) is 16.4. The predicted octanol–water partition coefficient (Wildman–Crippen LogP) is -0.512. The van der Waals surface area contributed by atoms with Crippen LogP contribution in [0.3, 0.4) is 0 Å². The summed E-state index contributed by atoms with van der Waals surface area (Å²) in [6, 6.07) is 4.30. The van der Waals surface area contributed by atoms with E-state index in [9.17, 15) is 30.6 Å². The van der Waals surface area contributed by atoms with Gasteiger partial charge in [0.25, 0.3) is 0 Å². The maximum Gasteiger partial charge on any atom is 0.122 e. The van der Waals surface area contributed by atoms with Crippen molar-refractivity contribution >= 4 is 26.6 Å². The van der Waals surface area contributed by atoms with Crippen molar-refractivity contribution in [3.05, 3.63) is 35.4 Å². The van der Waals surface area contributed by atoms with Crippen LogP contribution in [0.25, 0.3) is 0 Å². The van der Waals surface area contributed by atoms with Crippen molar-refractivity contribution in [1.29, 1.82) is 0 Å². The maximum atomic E-state index is 12.6. The Balaban J connectivity index is 0.000000921. The molecule has 1 aliphatic rings. The topological polar surface area (TPSA) is 127 Å². The Labute approximate surface area is 167 Å². The van der Waals surface area contributed by atoms with Gasteiger partial charge >= 0.3 is 0 Å². The van der Waals surface area contributed by atoms with Crippen molar-refractivity contribution in [1.82, 2.24) is 0 Å². The van der Waals surface area contributed by atoms with Crippen LogP contribution in [0.15, 0.2) is 24.3 Å². The molecule has 0 aromatic heterocycles. The smallest absolute Gasteiger partial charge is 0.122 e. The summed E-state index contributed by atoms with van der Waals surface area (Å²) in [4.78, 5) is 0. The van der Waals surface area contributed by atoms with E-state index in [4.69, 9.17) is 15.7 Å².